The molecule has 11 nitrogen and oxygen atoms in total. The normalized spacial score (nSPS) is 21.6. The molecule has 0 aromatic heterocycles. The number of aliphatic hydroxyl groups is 1. The van der Waals surface area contributed by atoms with Crippen LogP contribution in [0.3, 0.4) is 0 Å². The van der Waals surface area contributed by atoms with Gasteiger partial charge in [-0.05, 0) is 24.3 Å². The maximum Gasteiger partial charge on any atom is 0.332 e. The van der Waals surface area contributed by atoms with Crippen LogP contribution in [-0.2, 0) is 23.9 Å². The summed E-state index contributed by atoms with van der Waals surface area (Å²) in [4.78, 5) is 63.7. The monoisotopic (exact) mass is 634 g/mol. The van der Waals surface area contributed by atoms with Gasteiger partial charge in [-0.2, -0.15) is 0 Å². The number of allylic oxidation sites excluding steroid dienone is 1. The van der Waals surface area contributed by atoms with Crippen molar-refractivity contribution in [2.24, 2.45) is 23.5 Å². The van der Waals surface area contributed by atoms with Gasteiger partial charge in [0, 0.05) is 18.8 Å². The van der Waals surface area contributed by atoms with E-state index in [0.29, 0.717) is 11.3 Å². The van der Waals surface area contributed by atoms with Crippen LogP contribution >= 0.6 is 0 Å². The van der Waals surface area contributed by atoms with Crippen molar-refractivity contribution in [3.05, 3.63) is 24.4 Å². The maximum absolute atomic E-state index is 13.2. The molecule has 5 amide bonds. The lowest BCUT2D eigenvalue weighted by Crippen LogP contribution is -2.58. The number of rotatable bonds is 18. The average molecular weight is 635 g/mol. The second kappa shape index (κ2) is 21.5. The first kappa shape index (κ1) is 39.8. The van der Waals surface area contributed by atoms with Gasteiger partial charge in [0.1, 0.15) is 6.10 Å². The minimum Gasteiger partial charge on any atom is -0.460 e. The third-order valence-electron chi connectivity index (χ3n) is 8.40. The number of unbranched alkanes of at least 4 members (excludes halogenated alkanes) is 11. The molecule has 0 bridgehead atoms. The fraction of sp³-hybridized carbons (Fsp3) is 0.735. The van der Waals surface area contributed by atoms with Crippen LogP contribution in [0.4, 0.5) is 4.79 Å². The first-order chi connectivity index (χ1) is 21.3. The van der Waals surface area contributed by atoms with Gasteiger partial charge in [0.15, 0.2) is 12.1 Å². The van der Waals surface area contributed by atoms with E-state index in [1.807, 2.05) is 6.92 Å². The number of amides is 5. The van der Waals surface area contributed by atoms with E-state index in [-0.39, 0.29) is 11.6 Å². The highest BCUT2D eigenvalue weighted by Gasteiger charge is 2.39. The Morgan fingerprint density at radius 3 is 1.89 bits per heavy atom. The number of likely N-dealkylation sites (N-methyl/N-ethyl adjacent to an activating group) is 1. The van der Waals surface area contributed by atoms with Crippen molar-refractivity contribution in [1.82, 2.24) is 15.5 Å². The van der Waals surface area contributed by atoms with Crippen molar-refractivity contribution in [1.29, 1.82) is 0 Å². The predicted octanol–water partition coefficient (Wildman–Crippen LogP) is 4.87. The number of aliphatic hydroxyl groups excluding tert-OH is 1. The molecule has 1 heterocycles. The van der Waals surface area contributed by atoms with Crippen LogP contribution in [-0.4, -0.2) is 65.0 Å². The highest BCUT2D eigenvalue weighted by Crippen LogP contribution is 2.25. The lowest BCUT2D eigenvalue weighted by molar-refractivity contribution is -0.163. The summed E-state index contributed by atoms with van der Waals surface area (Å²) in [6.07, 6.45) is 15.8. The number of nitrogens with one attached hydrogen (secondary N) is 2. The zero-order valence-corrected chi connectivity index (χ0v) is 28.1. The Hall–Kier alpha value is -3.21. The summed E-state index contributed by atoms with van der Waals surface area (Å²) in [6.45, 7) is 11.7. The Morgan fingerprint density at radius 2 is 1.40 bits per heavy atom. The number of ether oxygens (including phenoxy) is 1. The zero-order chi connectivity index (χ0) is 33.9. The van der Waals surface area contributed by atoms with E-state index in [1.165, 1.54) is 70.3 Å². The average Bonchev–Trinajstić information content (AvgIpc) is 2.99. The molecule has 5 atom stereocenters. The lowest BCUT2D eigenvalue weighted by Gasteiger charge is -2.31. The molecule has 1 rings (SSSR count). The van der Waals surface area contributed by atoms with Crippen LogP contribution in [0.1, 0.15) is 118 Å². The van der Waals surface area contributed by atoms with Gasteiger partial charge in [-0.3, -0.25) is 19.3 Å². The van der Waals surface area contributed by atoms with Crippen molar-refractivity contribution in [2.75, 3.05) is 7.05 Å². The first-order valence-corrected chi connectivity index (χ1v) is 16.7. The van der Waals surface area contributed by atoms with Crippen molar-refractivity contribution < 1.29 is 33.8 Å². The summed E-state index contributed by atoms with van der Waals surface area (Å²) in [7, 11) is 1.14. The van der Waals surface area contributed by atoms with Gasteiger partial charge in [0.05, 0.1) is 5.92 Å². The number of primary amides is 1. The summed E-state index contributed by atoms with van der Waals surface area (Å²) in [5.74, 6) is -4.02. The third kappa shape index (κ3) is 15.6. The molecule has 1 aliphatic rings. The van der Waals surface area contributed by atoms with Gasteiger partial charge >= 0.3 is 12.0 Å². The van der Waals surface area contributed by atoms with Gasteiger partial charge < -0.3 is 26.2 Å². The molecule has 11 heteroatoms. The smallest absolute Gasteiger partial charge is 0.332 e. The highest BCUT2D eigenvalue weighted by molar-refractivity contribution is 6.02. The number of nitrogens with two attached hydrogens (primary N) is 1. The summed E-state index contributed by atoms with van der Waals surface area (Å²) in [5, 5.41) is 15.1. The van der Waals surface area contributed by atoms with E-state index in [2.05, 4.69) is 31.1 Å². The Kier molecular flexibility index (Phi) is 19.0. The van der Waals surface area contributed by atoms with Crippen LogP contribution in [0.5, 0.6) is 0 Å². The minimum atomic E-state index is -2.12. The molecule has 0 radical (unpaired) electrons. The van der Waals surface area contributed by atoms with Gasteiger partial charge in [-0.1, -0.05) is 118 Å². The summed E-state index contributed by atoms with van der Waals surface area (Å²) in [5.41, 5.74) is 5.33. The van der Waals surface area contributed by atoms with Crippen LogP contribution in [0.2, 0.25) is 0 Å². The molecule has 0 spiro atoms. The Balaban J connectivity index is 2.73. The number of hydrogen-bond donors (Lipinski definition) is 4. The Bertz CT molecular complexity index is 1010. The largest absolute Gasteiger partial charge is 0.460 e. The SMILES string of the molecule is C=C1C=CC(=O)N(C)C(=O)NC(C(O)C(N)=O)C(=O)OC(C(C)CCCCCCCCCCCCCCC(C)C)C(C)C(=O)N1. The molecule has 0 fully saturated rings. The molecular formula is C34H58N4O7. The number of carbonyl (C=O) groups is 5. The predicted molar refractivity (Wildman–Crippen MR) is 174 cm³/mol. The summed E-state index contributed by atoms with van der Waals surface area (Å²) >= 11 is 0. The molecule has 0 aromatic rings. The molecule has 256 valence electrons. The number of cyclic esters (lactones) is 1. The molecule has 0 aliphatic carbocycles. The third-order valence-corrected chi connectivity index (χ3v) is 8.40. The molecule has 0 saturated heterocycles. The van der Waals surface area contributed by atoms with Gasteiger partial charge in [-0.15, -0.1) is 0 Å². The van der Waals surface area contributed by atoms with E-state index in [9.17, 15) is 29.1 Å². The fourth-order valence-corrected chi connectivity index (χ4v) is 5.38. The summed E-state index contributed by atoms with van der Waals surface area (Å²) < 4.78 is 5.71. The van der Waals surface area contributed by atoms with Crippen molar-refractivity contribution in [3.63, 3.8) is 0 Å². The van der Waals surface area contributed by atoms with Gasteiger partial charge in [0.25, 0.3) is 5.91 Å². The minimum absolute atomic E-state index is 0.118. The van der Waals surface area contributed by atoms with E-state index in [1.54, 1.807) is 6.92 Å². The van der Waals surface area contributed by atoms with Crippen LogP contribution in [0.25, 0.3) is 0 Å². The highest BCUT2D eigenvalue weighted by atomic mass is 16.5. The number of urea groups is 1. The molecule has 5 N–H and O–H groups in total. The maximum atomic E-state index is 13.2. The number of imide groups is 1. The number of nitrogens with zero attached hydrogens (tertiary/aromatic N) is 1. The van der Waals surface area contributed by atoms with E-state index < -0.39 is 53.9 Å². The van der Waals surface area contributed by atoms with Gasteiger partial charge in [0.2, 0.25) is 11.8 Å². The number of esters is 1. The van der Waals surface area contributed by atoms with Crippen LogP contribution in [0.15, 0.2) is 24.4 Å². The molecular weight excluding hydrogens is 576 g/mol. The molecule has 1 aliphatic heterocycles. The fourth-order valence-electron chi connectivity index (χ4n) is 5.38. The van der Waals surface area contributed by atoms with E-state index >= 15 is 0 Å². The van der Waals surface area contributed by atoms with E-state index in [4.69, 9.17) is 10.5 Å². The van der Waals surface area contributed by atoms with Crippen LogP contribution < -0.4 is 16.4 Å². The zero-order valence-electron chi connectivity index (χ0n) is 28.1. The van der Waals surface area contributed by atoms with Crippen molar-refractivity contribution in [3.8, 4) is 0 Å². The second-order valence-corrected chi connectivity index (χ2v) is 12.9. The van der Waals surface area contributed by atoms with E-state index in [0.717, 1.165) is 38.3 Å². The molecule has 0 aromatic carbocycles. The molecule has 5 unspecified atom stereocenters. The molecule has 45 heavy (non-hydrogen) atoms. The Labute approximate surface area is 269 Å². The lowest BCUT2D eigenvalue weighted by atomic mass is 9.88. The second-order valence-electron chi connectivity index (χ2n) is 12.9. The first-order valence-electron chi connectivity index (χ1n) is 16.7. The standard InChI is InChI=1S/C34H58N4O7/c1-23(2)19-17-15-13-11-9-7-8-10-12-14-16-18-20-24(3)30-26(5)32(42)36-25(4)21-22-27(39)38(6)34(44)37-28(33(43)45-30)29(40)31(35)41/h21-24,26,28-30,40H,4,7-20H2,1-3,5-6H3,(H2,35,41)(H,36,42)(H,37,44). The topological polar surface area (TPSA) is 168 Å². The Morgan fingerprint density at radius 1 is 0.911 bits per heavy atom. The number of carbonyl (C=O) groups excluding carboxylic acids is 5. The van der Waals surface area contributed by atoms with Crippen molar-refractivity contribution >= 4 is 29.7 Å². The van der Waals surface area contributed by atoms with Gasteiger partial charge in [-0.25, -0.2) is 9.59 Å². The quantitative estimate of drug-likeness (QED) is 0.123. The van der Waals surface area contributed by atoms with Crippen molar-refractivity contribution in [2.45, 2.75) is 136 Å². The number of hydrogen-bond acceptors (Lipinski definition) is 7. The summed E-state index contributed by atoms with van der Waals surface area (Å²) in [6, 6.07) is -2.95. The van der Waals surface area contributed by atoms with Crippen LogP contribution in [0, 0.1) is 17.8 Å². The molecule has 0 saturated carbocycles.